The molecular formula is C26H36N2O14S. The van der Waals surface area contributed by atoms with Crippen molar-refractivity contribution in [3.05, 3.63) is 12.7 Å². The Morgan fingerprint density at radius 2 is 1.47 bits per heavy atom. The lowest BCUT2D eigenvalue weighted by Gasteiger charge is -2.48. The SMILES string of the molecule is C=CCO[C@H]1O[C@H](CSC#N)[C@@H](O)[C@H](O[C@@H]2O[C@H](COC(C)=O)[C@H](OC(C)=O)[C@H](OC(C)=O)[C@H]2OC(C)=O)[C@H]1NC(C)=O. The number of nitriles is 1. The van der Waals surface area contributed by atoms with Crippen molar-refractivity contribution in [3.8, 4) is 5.40 Å². The first kappa shape index (κ1) is 35.9. The van der Waals surface area contributed by atoms with Crippen molar-refractivity contribution in [1.82, 2.24) is 5.32 Å². The van der Waals surface area contributed by atoms with E-state index in [1.165, 1.54) is 13.0 Å². The molecule has 0 saturated carbocycles. The van der Waals surface area contributed by atoms with Crippen LogP contribution < -0.4 is 5.32 Å². The van der Waals surface area contributed by atoms with Crippen LogP contribution >= 0.6 is 11.8 Å². The minimum atomic E-state index is -1.67. The van der Waals surface area contributed by atoms with E-state index < -0.39 is 97.7 Å². The third-order valence-corrected chi connectivity index (χ3v) is 6.60. The van der Waals surface area contributed by atoms with Crippen molar-refractivity contribution in [3.63, 3.8) is 0 Å². The van der Waals surface area contributed by atoms with E-state index in [0.717, 1.165) is 39.5 Å². The van der Waals surface area contributed by atoms with Gasteiger partial charge in [-0.25, -0.2) is 0 Å². The van der Waals surface area contributed by atoms with Gasteiger partial charge in [-0.2, -0.15) is 5.26 Å². The summed E-state index contributed by atoms with van der Waals surface area (Å²) in [6.45, 7) is 8.60. The number of amides is 1. The first-order valence-corrected chi connectivity index (χ1v) is 14.1. The molecule has 10 atom stereocenters. The summed E-state index contributed by atoms with van der Waals surface area (Å²) in [4.78, 5) is 60.1. The second-order valence-corrected chi connectivity index (χ2v) is 10.3. The number of hydrogen-bond donors (Lipinski definition) is 2. The molecule has 2 fully saturated rings. The number of thiocyanates is 1. The Labute approximate surface area is 252 Å². The highest BCUT2D eigenvalue weighted by Gasteiger charge is 2.56. The molecule has 2 aliphatic heterocycles. The van der Waals surface area contributed by atoms with Gasteiger partial charge in [-0.3, -0.25) is 24.0 Å². The summed E-state index contributed by atoms with van der Waals surface area (Å²) in [5.41, 5.74) is 0. The summed E-state index contributed by atoms with van der Waals surface area (Å²) in [6.07, 6.45) is -11.3. The lowest BCUT2D eigenvalue weighted by Crippen LogP contribution is -2.68. The molecule has 0 aromatic rings. The molecule has 0 spiro atoms. The zero-order valence-electron chi connectivity index (χ0n) is 24.3. The van der Waals surface area contributed by atoms with Gasteiger partial charge in [0.15, 0.2) is 30.9 Å². The third-order valence-electron chi connectivity index (χ3n) is 5.97. The lowest BCUT2D eigenvalue weighted by atomic mass is 9.95. The number of rotatable bonds is 13. The maximum absolute atomic E-state index is 12.2. The van der Waals surface area contributed by atoms with Crippen LogP contribution in [0.1, 0.15) is 34.6 Å². The third kappa shape index (κ3) is 10.7. The van der Waals surface area contributed by atoms with Gasteiger partial charge in [0.2, 0.25) is 5.91 Å². The van der Waals surface area contributed by atoms with E-state index in [1.54, 1.807) is 0 Å². The molecule has 0 bridgehead atoms. The number of aliphatic hydroxyl groups is 1. The Kier molecular flexibility index (Phi) is 14.3. The molecule has 2 rings (SSSR count). The van der Waals surface area contributed by atoms with Gasteiger partial charge in [0, 0.05) is 40.4 Å². The molecular weight excluding hydrogens is 596 g/mol. The van der Waals surface area contributed by atoms with Crippen LogP contribution in [0.25, 0.3) is 0 Å². The Balaban J connectivity index is 2.61. The quantitative estimate of drug-likeness (QED) is 0.113. The highest BCUT2D eigenvalue weighted by Crippen LogP contribution is 2.34. The standard InChI is InChI=1S/C26H36N2O14S/c1-7-8-35-25-19(28-12(2)29)22(20(34)18(41-25)10-43-11-27)42-26-24(39-16(6)33)23(38-15(5)32)21(37-14(4)31)17(40-26)9-36-13(3)30/h7,17-26,34H,1,8-10H2,2-6H3,(H,28,29)/t17-,18-,19-,20-,21+,22-,23+,24-,25+,26+/m1/s1. The number of hydrogen-bond acceptors (Lipinski definition) is 16. The predicted octanol–water partition coefficient (Wildman–Crippen LogP) is -0.538. The van der Waals surface area contributed by atoms with Crippen molar-refractivity contribution < 1.29 is 67.0 Å². The molecule has 1 amide bonds. The lowest BCUT2D eigenvalue weighted by molar-refractivity contribution is -0.343. The van der Waals surface area contributed by atoms with Crippen LogP contribution in [-0.2, 0) is 61.9 Å². The molecule has 2 aliphatic rings. The minimum Gasteiger partial charge on any atom is -0.463 e. The monoisotopic (exact) mass is 632 g/mol. The van der Waals surface area contributed by atoms with E-state index >= 15 is 0 Å². The topological polar surface area (TPSA) is 215 Å². The summed E-state index contributed by atoms with van der Waals surface area (Å²) in [7, 11) is 0. The summed E-state index contributed by atoms with van der Waals surface area (Å²) in [6, 6.07) is -1.19. The van der Waals surface area contributed by atoms with E-state index in [1.807, 2.05) is 5.40 Å². The Bertz CT molecular complexity index is 1070. The van der Waals surface area contributed by atoms with Gasteiger partial charge in [0.05, 0.1) is 12.7 Å². The van der Waals surface area contributed by atoms with E-state index in [2.05, 4.69) is 11.9 Å². The van der Waals surface area contributed by atoms with Gasteiger partial charge in [0.25, 0.3) is 0 Å². The first-order valence-electron chi connectivity index (χ1n) is 13.1. The molecule has 2 saturated heterocycles. The number of nitrogens with one attached hydrogen (secondary N) is 1. The van der Waals surface area contributed by atoms with Gasteiger partial charge in [-0.15, -0.1) is 6.58 Å². The van der Waals surface area contributed by atoms with Crippen LogP contribution in [0.4, 0.5) is 0 Å². The molecule has 2 N–H and O–H groups in total. The van der Waals surface area contributed by atoms with Crippen molar-refractivity contribution in [2.24, 2.45) is 0 Å². The summed E-state index contributed by atoms with van der Waals surface area (Å²) in [5.74, 6) is -3.81. The zero-order chi connectivity index (χ0) is 32.3. The smallest absolute Gasteiger partial charge is 0.303 e. The van der Waals surface area contributed by atoms with Crippen molar-refractivity contribution in [2.45, 2.75) is 96.0 Å². The van der Waals surface area contributed by atoms with Gasteiger partial charge in [-0.1, -0.05) is 6.08 Å². The maximum atomic E-state index is 12.2. The second kappa shape index (κ2) is 17.1. The molecule has 0 aromatic heterocycles. The molecule has 16 nitrogen and oxygen atoms in total. The van der Waals surface area contributed by atoms with E-state index in [4.69, 9.17) is 43.2 Å². The number of ether oxygens (including phenoxy) is 8. The highest BCUT2D eigenvalue weighted by atomic mass is 32.2. The van der Waals surface area contributed by atoms with Crippen LogP contribution in [0, 0.1) is 10.7 Å². The highest BCUT2D eigenvalue weighted by molar-refractivity contribution is 8.03. The Hall–Kier alpha value is -3.27. The fraction of sp³-hybridized carbons (Fsp3) is 0.692. The van der Waals surface area contributed by atoms with Crippen molar-refractivity contribution in [1.29, 1.82) is 5.26 Å². The normalized spacial score (nSPS) is 31.9. The van der Waals surface area contributed by atoms with Gasteiger partial charge >= 0.3 is 23.9 Å². The fourth-order valence-corrected chi connectivity index (χ4v) is 5.00. The summed E-state index contributed by atoms with van der Waals surface area (Å²) < 4.78 is 45.0. The number of esters is 4. The number of thioether (sulfide) groups is 1. The zero-order valence-corrected chi connectivity index (χ0v) is 25.1. The molecule has 0 aliphatic carbocycles. The van der Waals surface area contributed by atoms with Gasteiger partial charge in [-0.05, 0) is 11.8 Å². The molecule has 17 heteroatoms. The minimum absolute atomic E-state index is 0.0271. The van der Waals surface area contributed by atoms with Crippen LogP contribution in [0.15, 0.2) is 12.7 Å². The van der Waals surface area contributed by atoms with Crippen LogP contribution in [0.3, 0.4) is 0 Å². The average molecular weight is 633 g/mol. The molecule has 0 aromatic carbocycles. The number of nitrogens with zero attached hydrogens (tertiary/aromatic N) is 1. The Morgan fingerprint density at radius 3 is 2.00 bits per heavy atom. The predicted molar refractivity (Wildman–Crippen MR) is 143 cm³/mol. The molecule has 43 heavy (non-hydrogen) atoms. The number of aliphatic hydroxyl groups excluding tert-OH is 1. The number of carbonyl (C=O) groups excluding carboxylic acids is 5. The van der Waals surface area contributed by atoms with Crippen LogP contribution in [0.2, 0.25) is 0 Å². The summed E-state index contributed by atoms with van der Waals surface area (Å²) >= 11 is 0.786. The summed E-state index contributed by atoms with van der Waals surface area (Å²) in [5, 5.41) is 24.9. The van der Waals surface area contributed by atoms with E-state index in [-0.39, 0.29) is 12.4 Å². The first-order chi connectivity index (χ1) is 20.3. The molecule has 0 radical (unpaired) electrons. The number of carbonyl (C=O) groups is 5. The fourth-order valence-electron chi connectivity index (χ4n) is 4.48. The molecule has 2 heterocycles. The molecule has 240 valence electrons. The van der Waals surface area contributed by atoms with E-state index in [0.29, 0.717) is 0 Å². The van der Waals surface area contributed by atoms with Crippen molar-refractivity contribution in [2.75, 3.05) is 19.0 Å². The average Bonchev–Trinajstić information content (AvgIpc) is 2.90. The van der Waals surface area contributed by atoms with Crippen LogP contribution in [-0.4, -0.2) is 115 Å². The van der Waals surface area contributed by atoms with Gasteiger partial charge in [0.1, 0.15) is 36.4 Å². The second-order valence-electron chi connectivity index (χ2n) is 9.45. The van der Waals surface area contributed by atoms with Crippen LogP contribution in [0.5, 0.6) is 0 Å². The molecule has 0 unspecified atom stereocenters. The van der Waals surface area contributed by atoms with Crippen molar-refractivity contribution >= 4 is 41.5 Å². The van der Waals surface area contributed by atoms with E-state index in [9.17, 15) is 29.1 Å². The maximum Gasteiger partial charge on any atom is 0.303 e. The van der Waals surface area contributed by atoms with Gasteiger partial charge < -0.3 is 48.3 Å². The Morgan fingerprint density at radius 1 is 0.884 bits per heavy atom. The largest absolute Gasteiger partial charge is 0.463 e.